The Morgan fingerprint density at radius 2 is 1.93 bits per heavy atom. The second-order valence-corrected chi connectivity index (χ2v) is 8.90. The van der Waals surface area contributed by atoms with Gasteiger partial charge in [-0.1, -0.05) is 29.8 Å². The molecule has 1 N–H and O–H groups in total. The first kappa shape index (κ1) is 19.9. The predicted octanol–water partition coefficient (Wildman–Crippen LogP) is 4.61. The first-order valence-corrected chi connectivity index (χ1v) is 10.5. The smallest absolute Gasteiger partial charge is 0.322 e. The van der Waals surface area contributed by atoms with Crippen LogP contribution in [0.15, 0.2) is 42.5 Å². The molecule has 0 saturated carbocycles. The van der Waals surface area contributed by atoms with Gasteiger partial charge in [-0.3, -0.25) is 9.80 Å². The van der Waals surface area contributed by atoms with Crippen molar-refractivity contribution in [1.29, 1.82) is 0 Å². The molecular weight excluding hydrogens is 365 g/mol. The lowest BCUT2D eigenvalue weighted by molar-refractivity contribution is 0.159. The van der Waals surface area contributed by atoms with Crippen molar-refractivity contribution in [1.82, 2.24) is 10.2 Å². The molecule has 2 amide bonds. The molecular formula is C24H30FN3O. The van der Waals surface area contributed by atoms with E-state index in [0.29, 0.717) is 0 Å². The number of halogens is 1. The lowest BCUT2D eigenvalue weighted by Gasteiger charge is -2.40. The van der Waals surface area contributed by atoms with Gasteiger partial charge in [0, 0.05) is 30.2 Å². The fourth-order valence-electron chi connectivity index (χ4n) is 4.75. The van der Waals surface area contributed by atoms with Crippen LogP contribution in [-0.4, -0.2) is 36.6 Å². The van der Waals surface area contributed by atoms with Gasteiger partial charge in [0.1, 0.15) is 5.82 Å². The quantitative estimate of drug-likeness (QED) is 0.824. The van der Waals surface area contributed by atoms with E-state index in [9.17, 15) is 9.18 Å². The fourth-order valence-corrected chi connectivity index (χ4v) is 4.75. The summed E-state index contributed by atoms with van der Waals surface area (Å²) in [4.78, 5) is 17.2. The second-order valence-electron chi connectivity index (χ2n) is 8.90. The van der Waals surface area contributed by atoms with Crippen LogP contribution in [0.3, 0.4) is 0 Å². The summed E-state index contributed by atoms with van der Waals surface area (Å²) in [5, 5.41) is 3.05. The maximum absolute atomic E-state index is 13.5. The first-order valence-electron chi connectivity index (χ1n) is 10.5. The lowest BCUT2D eigenvalue weighted by atomic mass is 9.74. The van der Waals surface area contributed by atoms with E-state index >= 15 is 0 Å². The summed E-state index contributed by atoms with van der Waals surface area (Å²) in [7, 11) is 0. The number of benzene rings is 2. The number of hydrogen-bond donors (Lipinski definition) is 1. The van der Waals surface area contributed by atoms with Crippen LogP contribution in [0.1, 0.15) is 43.4 Å². The minimum Gasteiger partial charge on any atom is -0.336 e. The van der Waals surface area contributed by atoms with Crippen molar-refractivity contribution in [2.24, 2.45) is 0 Å². The molecule has 0 bridgehead atoms. The van der Waals surface area contributed by atoms with Gasteiger partial charge < -0.3 is 5.32 Å². The molecule has 1 saturated heterocycles. The summed E-state index contributed by atoms with van der Waals surface area (Å²) in [6, 6.07) is 13.4. The van der Waals surface area contributed by atoms with Crippen molar-refractivity contribution in [3.63, 3.8) is 0 Å². The van der Waals surface area contributed by atoms with Crippen molar-refractivity contribution in [2.75, 3.05) is 24.5 Å². The number of amides is 2. The summed E-state index contributed by atoms with van der Waals surface area (Å²) in [5.74, 6) is -0.178. The minimum absolute atomic E-state index is 0.00805. The highest BCUT2D eigenvalue weighted by Gasteiger charge is 2.46. The highest BCUT2D eigenvalue weighted by atomic mass is 19.1. The average molecular weight is 396 g/mol. The molecule has 0 atom stereocenters. The Labute approximate surface area is 172 Å². The Balaban J connectivity index is 1.53. The van der Waals surface area contributed by atoms with E-state index in [1.54, 1.807) is 12.1 Å². The van der Waals surface area contributed by atoms with Crippen LogP contribution in [0, 0.1) is 12.7 Å². The Kier molecular flexibility index (Phi) is 5.34. The van der Waals surface area contributed by atoms with E-state index in [2.05, 4.69) is 35.3 Å². The van der Waals surface area contributed by atoms with Crippen LogP contribution in [0.2, 0.25) is 0 Å². The second kappa shape index (κ2) is 7.79. The van der Waals surface area contributed by atoms with E-state index in [1.807, 2.05) is 24.8 Å². The molecule has 5 heteroatoms. The number of urea groups is 1. The summed E-state index contributed by atoms with van der Waals surface area (Å²) in [6.07, 6.45) is 2.01. The third kappa shape index (κ3) is 4.01. The maximum atomic E-state index is 13.5. The Bertz CT molecular complexity index is 903. The van der Waals surface area contributed by atoms with Gasteiger partial charge in [-0.2, -0.15) is 0 Å². The number of nitrogens with one attached hydrogen (secondary N) is 1. The number of hydrogen-bond acceptors (Lipinski definition) is 2. The monoisotopic (exact) mass is 395 g/mol. The maximum Gasteiger partial charge on any atom is 0.322 e. The van der Waals surface area contributed by atoms with Crippen LogP contribution >= 0.6 is 0 Å². The minimum atomic E-state index is -0.178. The van der Waals surface area contributed by atoms with Crippen molar-refractivity contribution in [3.8, 4) is 0 Å². The summed E-state index contributed by atoms with van der Waals surface area (Å²) < 4.78 is 13.5. The molecule has 2 aromatic carbocycles. The number of nitrogens with zero attached hydrogens (tertiary/aromatic N) is 2. The van der Waals surface area contributed by atoms with E-state index in [4.69, 9.17) is 0 Å². The Morgan fingerprint density at radius 3 is 2.62 bits per heavy atom. The highest BCUT2D eigenvalue weighted by Crippen LogP contribution is 2.47. The Morgan fingerprint density at radius 1 is 1.17 bits per heavy atom. The fraction of sp³-hybridized carbons (Fsp3) is 0.458. The summed E-state index contributed by atoms with van der Waals surface area (Å²) >= 11 is 0. The molecule has 29 heavy (non-hydrogen) atoms. The number of carbonyl (C=O) groups excluding carboxylic acids is 1. The van der Waals surface area contributed by atoms with Gasteiger partial charge in [-0.15, -0.1) is 0 Å². The summed E-state index contributed by atoms with van der Waals surface area (Å²) in [5.41, 5.74) is 4.61. The van der Waals surface area contributed by atoms with Crippen LogP contribution in [0.25, 0.3) is 0 Å². The molecule has 2 aliphatic rings. The van der Waals surface area contributed by atoms with Crippen LogP contribution < -0.4 is 10.2 Å². The van der Waals surface area contributed by atoms with Crippen molar-refractivity contribution < 1.29 is 9.18 Å². The standard InChI is InChI=1S/C24H30FN3O/c1-17(2)26-23(29)28-16-24(21-13-18(3)7-8-22(21)28)9-11-27(12-10-24)15-19-5-4-6-20(25)14-19/h4-8,13-14,17H,9-12,15-16H2,1-3H3,(H,26,29). The lowest BCUT2D eigenvalue weighted by Crippen LogP contribution is -2.48. The Hall–Kier alpha value is -2.40. The molecule has 2 aliphatic heterocycles. The van der Waals surface area contributed by atoms with Gasteiger partial charge in [0.15, 0.2) is 0 Å². The van der Waals surface area contributed by atoms with Crippen LogP contribution in [0.5, 0.6) is 0 Å². The topological polar surface area (TPSA) is 35.6 Å². The number of aryl methyl sites for hydroxylation is 1. The van der Waals surface area contributed by atoms with Crippen molar-refractivity contribution in [2.45, 2.75) is 51.6 Å². The summed E-state index contributed by atoms with van der Waals surface area (Å²) in [6.45, 7) is 9.50. The van der Waals surface area contributed by atoms with E-state index in [0.717, 1.165) is 50.3 Å². The zero-order valence-electron chi connectivity index (χ0n) is 17.5. The number of fused-ring (bicyclic) bond motifs is 2. The molecule has 0 radical (unpaired) electrons. The normalized spacial score (nSPS) is 18.3. The van der Waals surface area contributed by atoms with Gasteiger partial charge in [0.05, 0.1) is 0 Å². The van der Waals surface area contributed by atoms with Crippen LogP contribution in [0.4, 0.5) is 14.9 Å². The van der Waals surface area contributed by atoms with Gasteiger partial charge in [-0.25, -0.2) is 9.18 Å². The molecule has 4 rings (SSSR count). The molecule has 154 valence electrons. The number of anilines is 1. The number of rotatable bonds is 3. The zero-order chi connectivity index (χ0) is 20.6. The molecule has 2 aromatic rings. The van der Waals surface area contributed by atoms with Gasteiger partial charge >= 0.3 is 6.03 Å². The predicted molar refractivity (Wildman–Crippen MR) is 115 cm³/mol. The van der Waals surface area contributed by atoms with E-state index < -0.39 is 0 Å². The van der Waals surface area contributed by atoms with Crippen molar-refractivity contribution in [3.05, 3.63) is 65.0 Å². The van der Waals surface area contributed by atoms with Crippen LogP contribution in [-0.2, 0) is 12.0 Å². The molecule has 4 nitrogen and oxygen atoms in total. The van der Waals surface area contributed by atoms with E-state index in [1.165, 1.54) is 17.2 Å². The van der Waals surface area contributed by atoms with Gasteiger partial charge in [0.2, 0.25) is 0 Å². The number of likely N-dealkylation sites (tertiary alicyclic amines) is 1. The molecule has 1 spiro atoms. The molecule has 0 aliphatic carbocycles. The molecule has 0 unspecified atom stereocenters. The SMILES string of the molecule is Cc1ccc2c(c1)C1(CCN(Cc3cccc(F)c3)CC1)CN2C(=O)NC(C)C. The molecule has 1 fully saturated rings. The third-order valence-electron chi connectivity index (χ3n) is 6.24. The number of piperidine rings is 1. The van der Waals surface area contributed by atoms with Crippen molar-refractivity contribution >= 4 is 11.7 Å². The van der Waals surface area contributed by atoms with Gasteiger partial charge in [-0.05, 0) is 76.0 Å². The first-order chi connectivity index (χ1) is 13.9. The van der Waals surface area contributed by atoms with E-state index in [-0.39, 0.29) is 23.3 Å². The zero-order valence-corrected chi connectivity index (χ0v) is 17.5. The molecule has 2 heterocycles. The average Bonchev–Trinajstić information content (AvgIpc) is 2.97. The highest BCUT2D eigenvalue weighted by molar-refractivity contribution is 5.95. The third-order valence-corrected chi connectivity index (χ3v) is 6.24. The number of carbonyl (C=O) groups is 1. The largest absolute Gasteiger partial charge is 0.336 e. The van der Waals surface area contributed by atoms with Gasteiger partial charge in [0.25, 0.3) is 0 Å². The molecule has 0 aromatic heterocycles.